The number of ether oxygens (including phenoxy) is 1. The molecule has 37 heavy (non-hydrogen) atoms. The fourth-order valence-corrected chi connectivity index (χ4v) is 5.32. The molecule has 5 rings (SSSR count). The Morgan fingerprint density at radius 2 is 1.49 bits per heavy atom. The maximum atomic E-state index is 13.0. The van der Waals surface area contributed by atoms with E-state index in [0.717, 1.165) is 37.3 Å². The summed E-state index contributed by atoms with van der Waals surface area (Å²) in [6.45, 7) is 7.57. The minimum absolute atomic E-state index is 0.0851. The first-order valence-corrected chi connectivity index (χ1v) is 13.3. The lowest BCUT2D eigenvalue weighted by molar-refractivity contribution is 0.0568. The predicted octanol–water partition coefficient (Wildman–Crippen LogP) is 6.21. The molecule has 4 aromatic rings. The van der Waals surface area contributed by atoms with Crippen molar-refractivity contribution in [2.45, 2.75) is 51.9 Å². The van der Waals surface area contributed by atoms with Crippen LogP contribution in [-0.2, 0) is 17.8 Å². The molecule has 0 bridgehead atoms. The summed E-state index contributed by atoms with van der Waals surface area (Å²) in [5.74, 6) is 1.04. The van der Waals surface area contributed by atoms with Crippen LogP contribution in [0.15, 0.2) is 84.9 Å². The number of hydrogen-bond acceptors (Lipinski definition) is 4. The van der Waals surface area contributed by atoms with Crippen LogP contribution in [-0.4, -0.2) is 51.2 Å². The van der Waals surface area contributed by atoms with Crippen LogP contribution in [0.5, 0.6) is 0 Å². The zero-order valence-electron chi connectivity index (χ0n) is 21.8. The van der Waals surface area contributed by atoms with Crippen molar-refractivity contribution in [2.24, 2.45) is 0 Å². The molecule has 1 aliphatic heterocycles. The van der Waals surface area contributed by atoms with E-state index in [2.05, 4.69) is 90.0 Å². The molecule has 192 valence electrons. The maximum absolute atomic E-state index is 13.0. The van der Waals surface area contributed by atoms with E-state index in [1.54, 1.807) is 0 Å². The average Bonchev–Trinajstić information content (AvgIpc) is 3.28. The van der Waals surface area contributed by atoms with Gasteiger partial charge in [0.25, 0.3) is 0 Å². The van der Waals surface area contributed by atoms with E-state index >= 15 is 0 Å². The topological polar surface area (TPSA) is 50.6 Å². The Hall–Kier alpha value is -3.64. The van der Waals surface area contributed by atoms with Gasteiger partial charge in [-0.15, -0.1) is 0 Å². The molecule has 3 aromatic carbocycles. The number of para-hydroxylation sites is 2. The van der Waals surface area contributed by atoms with Crippen LogP contribution in [0.4, 0.5) is 4.79 Å². The molecule has 0 N–H and O–H groups in total. The van der Waals surface area contributed by atoms with Gasteiger partial charge in [-0.05, 0) is 49.9 Å². The molecule has 6 nitrogen and oxygen atoms in total. The molecular formula is C31H36N4O2. The molecule has 0 radical (unpaired) electrons. The Morgan fingerprint density at radius 3 is 2.11 bits per heavy atom. The van der Waals surface area contributed by atoms with Gasteiger partial charge in [0.1, 0.15) is 12.4 Å². The SMILES string of the molecule is Cc1nc2ccccc2n1C1CCN(C(=O)OC[C@H](C)N(Cc2ccccc2)Cc2ccccc2)CC1. The third-order valence-electron chi connectivity index (χ3n) is 7.39. The van der Waals surface area contributed by atoms with Crippen molar-refractivity contribution in [3.05, 3.63) is 102 Å². The van der Waals surface area contributed by atoms with E-state index in [0.29, 0.717) is 25.7 Å². The van der Waals surface area contributed by atoms with Crippen LogP contribution >= 0.6 is 0 Å². The van der Waals surface area contributed by atoms with Crippen LogP contribution in [0.25, 0.3) is 11.0 Å². The minimum atomic E-state index is -0.211. The van der Waals surface area contributed by atoms with E-state index in [-0.39, 0.29) is 12.1 Å². The normalized spacial score (nSPS) is 15.3. The predicted molar refractivity (Wildman–Crippen MR) is 147 cm³/mol. The van der Waals surface area contributed by atoms with Crippen LogP contribution in [0.3, 0.4) is 0 Å². The number of likely N-dealkylation sites (tertiary alicyclic amines) is 1. The van der Waals surface area contributed by atoms with Crippen molar-refractivity contribution in [1.82, 2.24) is 19.4 Å². The number of carbonyl (C=O) groups is 1. The van der Waals surface area contributed by atoms with E-state index in [1.807, 2.05) is 23.1 Å². The Bertz CT molecular complexity index is 1260. The highest BCUT2D eigenvalue weighted by Gasteiger charge is 2.27. The van der Waals surface area contributed by atoms with E-state index in [1.165, 1.54) is 16.6 Å². The molecule has 6 heteroatoms. The molecule has 2 heterocycles. The van der Waals surface area contributed by atoms with Gasteiger partial charge < -0.3 is 14.2 Å². The van der Waals surface area contributed by atoms with Crippen molar-refractivity contribution in [2.75, 3.05) is 19.7 Å². The summed E-state index contributed by atoms with van der Waals surface area (Å²) in [6, 6.07) is 29.6. The third kappa shape index (κ3) is 6.03. The first kappa shape index (κ1) is 25.0. The zero-order chi connectivity index (χ0) is 25.6. The second kappa shape index (κ2) is 11.6. The van der Waals surface area contributed by atoms with Gasteiger partial charge in [0.05, 0.1) is 11.0 Å². The summed E-state index contributed by atoms with van der Waals surface area (Å²) in [5.41, 5.74) is 4.71. The second-order valence-corrected chi connectivity index (χ2v) is 10.0. The van der Waals surface area contributed by atoms with E-state index in [4.69, 9.17) is 9.72 Å². The quantitative estimate of drug-likeness (QED) is 0.291. The van der Waals surface area contributed by atoms with Gasteiger partial charge in [-0.1, -0.05) is 72.8 Å². The highest BCUT2D eigenvalue weighted by Crippen LogP contribution is 2.29. The molecule has 1 atom stereocenters. The molecule has 0 unspecified atom stereocenters. The van der Waals surface area contributed by atoms with Crippen molar-refractivity contribution in [3.8, 4) is 0 Å². The van der Waals surface area contributed by atoms with Crippen molar-refractivity contribution < 1.29 is 9.53 Å². The minimum Gasteiger partial charge on any atom is -0.448 e. The number of amides is 1. The van der Waals surface area contributed by atoms with Gasteiger partial charge >= 0.3 is 6.09 Å². The average molecular weight is 497 g/mol. The second-order valence-electron chi connectivity index (χ2n) is 10.0. The van der Waals surface area contributed by atoms with Crippen LogP contribution in [0.2, 0.25) is 0 Å². The molecule has 0 aliphatic carbocycles. The molecule has 1 fully saturated rings. The third-order valence-corrected chi connectivity index (χ3v) is 7.39. The molecule has 1 amide bonds. The van der Waals surface area contributed by atoms with Gasteiger partial charge in [-0.2, -0.15) is 0 Å². The first-order chi connectivity index (χ1) is 18.1. The molecule has 1 aromatic heterocycles. The first-order valence-electron chi connectivity index (χ1n) is 13.3. The van der Waals surface area contributed by atoms with Crippen molar-refractivity contribution in [3.63, 3.8) is 0 Å². The molecule has 0 saturated carbocycles. The molecular weight excluding hydrogens is 460 g/mol. The number of piperidine rings is 1. The summed E-state index contributed by atoms with van der Waals surface area (Å²) >= 11 is 0. The van der Waals surface area contributed by atoms with E-state index < -0.39 is 0 Å². The molecule has 1 saturated heterocycles. The lowest BCUT2D eigenvalue weighted by atomic mass is 10.0. The number of nitrogens with zero attached hydrogens (tertiary/aromatic N) is 4. The molecule has 0 spiro atoms. The Labute approximate surface area is 219 Å². The van der Waals surface area contributed by atoms with Crippen LogP contribution in [0.1, 0.15) is 42.8 Å². The summed E-state index contributed by atoms with van der Waals surface area (Å²) in [7, 11) is 0. The lowest BCUT2D eigenvalue weighted by Crippen LogP contribution is -2.42. The van der Waals surface area contributed by atoms with Gasteiger partial charge in [0, 0.05) is 38.3 Å². The number of benzene rings is 3. The highest BCUT2D eigenvalue weighted by atomic mass is 16.6. The van der Waals surface area contributed by atoms with Crippen molar-refractivity contribution >= 4 is 17.1 Å². The van der Waals surface area contributed by atoms with E-state index in [9.17, 15) is 4.79 Å². The number of aromatic nitrogens is 2. The summed E-state index contributed by atoms with van der Waals surface area (Å²) in [6.07, 6.45) is 1.59. The Balaban J connectivity index is 1.17. The Kier molecular flexibility index (Phi) is 7.85. The number of rotatable bonds is 8. The van der Waals surface area contributed by atoms with Gasteiger partial charge in [-0.25, -0.2) is 9.78 Å². The molecule has 1 aliphatic rings. The van der Waals surface area contributed by atoms with Gasteiger partial charge in [-0.3, -0.25) is 4.90 Å². The number of fused-ring (bicyclic) bond motifs is 1. The van der Waals surface area contributed by atoms with Crippen LogP contribution in [0, 0.1) is 6.92 Å². The summed E-state index contributed by atoms with van der Waals surface area (Å²) in [5, 5.41) is 0. The smallest absolute Gasteiger partial charge is 0.409 e. The maximum Gasteiger partial charge on any atom is 0.409 e. The highest BCUT2D eigenvalue weighted by molar-refractivity contribution is 5.76. The van der Waals surface area contributed by atoms with Gasteiger partial charge in [0.15, 0.2) is 0 Å². The number of imidazole rings is 1. The van der Waals surface area contributed by atoms with Crippen LogP contribution < -0.4 is 0 Å². The lowest BCUT2D eigenvalue weighted by Gasteiger charge is -2.34. The number of hydrogen-bond donors (Lipinski definition) is 0. The fourth-order valence-electron chi connectivity index (χ4n) is 5.32. The number of aryl methyl sites for hydroxylation is 1. The van der Waals surface area contributed by atoms with Gasteiger partial charge in [0.2, 0.25) is 0 Å². The number of carbonyl (C=O) groups excluding carboxylic acids is 1. The largest absolute Gasteiger partial charge is 0.448 e. The Morgan fingerprint density at radius 1 is 0.919 bits per heavy atom. The monoisotopic (exact) mass is 496 g/mol. The zero-order valence-corrected chi connectivity index (χ0v) is 21.8. The fraction of sp³-hybridized carbons (Fsp3) is 0.355. The standard InChI is InChI=1S/C31H36N4O2/c1-24(34(21-26-11-5-3-6-12-26)22-27-13-7-4-8-14-27)23-37-31(36)33-19-17-28(18-20-33)35-25(2)32-29-15-9-10-16-30(29)35/h3-16,24,28H,17-23H2,1-2H3/t24-/m0/s1. The van der Waals surface area contributed by atoms with Crippen molar-refractivity contribution in [1.29, 1.82) is 0 Å². The summed E-state index contributed by atoms with van der Waals surface area (Å²) in [4.78, 5) is 21.9. The summed E-state index contributed by atoms with van der Waals surface area (Å²) < 4.78 is 8.18.